The van der Waals surface area contributed by atoms with Crippen LogP contribution in [-0.2, 0) is 6.61 Å². The molecule has 0 bridgehead atoms. The Morgan fingerprint density at radius 1 is 1.06 bits per heavy atom. The van der Waals surface area contributed by atoms with E-state index in [2.05, 4.69) is 30.7 Å². The lowest BCUT2D eigenvalue weighted by molar-refractivity contribution is 0.102. The summed E-state index contributed by atoms with van der Waals surface area (Å²) in [6.07, 6.45) is 4.96. The molecule has 10 heteroatoms. The number of anilines is 1. The molecule has 0 aliphatic heterocycles. The maximum absolute atomic E-state index is 13.0. The summed E-state index contributed by atoms with van der Waals surface area (Å²) in [6, 6.07) is 15.0. The van der Waals surface area contributed by atoms with Crippen LogP contribution >= 0.6 is 11.3 Å². The molecule has 3 aromatic heterocycles. The smallest absolute Gasteiger partial charge is 0.296 e. The molecule has 2 aromatic carbocycles. The van der Waals surface area contributed by atoms with Gasteiger partial charge >= 0.3 is 0 Å². The Balaban J connectivity index is 1.31. The van der Waals surface area contributed by atoms with Crippen LogP contribution in [0.3, 0.4) is 0 Å². The summed E-state index contributed by atoms with van der Waals surface area (Å²) in [4.78, 5) is 17.2. The van der Waals surface area contributed by atoms with Gasteiger partial charge in [0.2, 0.25) is 5.13 Å². The van der Waals surface area contributed by atoms with Crippen molar-refractivity contribution in [2.75, 3.05) is 12.4 Å². The van der Waals surface area contributed by atoms with Gasteiger partial charge in [0.25, 0.3) is 11.1 Å². The van der Waals surface area contributed by atoms with Crippen molar-refractivity contribution in [3.8, 4) is 22.1 Å². The van der Waals surface area contributed by atoms with Crippen molar-refractivity contribution >= 4 is 33.3 Å². The Labute approximate surface area is 192 Å². The van der Waals surface area contributed by atoms with Crippen LogP contribution in [0.5, 0.6) is 10.9 Å². The van der Waals surface area contributed by atoms with Gasteiger partial charge in [0.1, 0.15) is 12.4 Å². The molecule has 5 aromatic rings. The summed E-state index contributed by atoms with van der Waals surface area (Å²) >= 11 is 1.15. The van der Waals surface area contributed by atoms with Crippen molar-refractivity contribution in [1.82, 2.24) is 25.4 Å². The standard InChI is InChI=1S/C23H18N6O3S/c1-31-19-8-3-2-7-16(19)18-12-24-10-9-17(18)21(30)26-22-28-29-23(33-22)32-13-15-6-4-5-14-11-25-27-20(14)15/h2-12H,13H2,1H3,(H,25,27)(H,26,28,30). The van der Waals surface area contributed by atoms with Crippen molar-refractivity contribution < 1.29 is 14.3 Å². The number of para-hydroxylation sites is 2. The van der Waals surface area contributed by atoms with E-state index in [9.17, 15) is 4.79 Å². The first-order chi connectivity index (χ1) is 16.2. The van der Waals surface area contributed by atoms with Gasteiger partial charge in [0.15, 0.2) is 0 Å². The first kappa shape index (κ1) is 20.6. The molecule has 9 nitrogen and oxygen atoms in total. The number of amides is 1. The van der Waals surface area contributed by atoms with Gasteiger partial charge in [0, 0.05) is 34.5 Å². The number of carbonyl (C=O) groups excluding carboxylic acids is 1. The third kappa shape index (κ3) is 4.23. The minimum Gasteiger partial charge on any atom is -0.496 e. The normalized spacial score (nSPS) is 10.8. The van der Waals surface area contributed by atoms with Crippen LogP contribution in [0.2, 0.25) is 0 Å². The maximum Gasteiger partial charge on any atom is 0.296 e. The van der Waals surface area contributed by atoms with Crippen LogP contribution in [0, 0.1) is 0 Å². The minimum atomic E-state index is -0.330. The highest BCUT2D eigenvalue weighted by molar-refractivity contribution is 7.17. The van der Waals surface area contributed by atoms with E-state index in [0.29, 0.717) is 33.8 Å². The fourth-order valence-electron chi connectivity index (χ4n) is 3.45. The van der Waals surface area contributed by atoms with E-state index in [-0.39, 0.29) is 5.91 Å². The molecular weight excluding hydrogens is 440 g/mol. The van der Waals surface area contributed by atoms with E-state index >= 15 is 0 Å². The van der Waals surface area contributed by atoms with Crippen molar-refractivity contribution in [2.24, 2.45) is 0 Å². The first-order valence-electron chi connectivity index (χ1n) is 9.99. The number of methoxy groups -OCH3 is 1. The number of benzene rings is 2. The van der Waals surface area contributed by atoms with Crippen molar-refractivity contribution in [3.05, 3.63) is 78.2 Å². The second-order valence-electron chi connectivity index (χ2n) is 6.99. The van der Waals surface area contributed by atoms with Crippen LogP contribution in [0.15, 0.2) is 67.1 Å². The van der Waals surface area contributed by atoms with Gasteiger partial charge in [-0.15, -0.1) is 5.10 Å². The Morgan fingerprint density at radius 2 is 1.97 bits per heavy atom. The second-order valence-corrected chi connectivity index (χ2v) is 7.93. The third-order valence-electron chi connectivity index (χ3n) is 5.00. The largest absolute Gasteiger partial charge is 0.496 e. The van der Waals surface area contributed by atoms with E-state index in [1.165, 1.54) is 0 Å². The predicted molar refractivity (Wildman–Crippen MR) is 125 cm³/mol. The SMILES string of the molecule is COc1ccccc1-c1cnccc1C(=O)Nc1nnc(OCc2cccc3cn[nH]c23)s1. The van der Waals surface area contributed by atoms with Gasteiger partial charge in [-0.3, -0.25) is 20.2 Å². The van der Waals surface area contributed by atoms with Crippen molar-refractivity contribution in [1.29, 1.82) is 0 Å². The Morgan fingerprint density at radius 3 is 2.88 bits per heavy atom. The zero-order valence-corrected chi connectivity index (χ0v) is 18.3. The quantitative estimate of drug-likeness (QED) is 0.373. The Kier molecular flexibility index (Phi) is 5.64. The number of hydrogen-bond donors (Lipinski definition) is 2. The number of nitrogens with zero attached hydrogens (tertiary/aromatic N) is 4. The summed E-state index contributed by atoms with van der Waals surface area (Å²) in [5.41, 5.74) is 3.73. The van der Waals surface area contributed by atoms with E-state index in [1.807, 2.05) is 42.5 Å². The number of pyridine rings is 1. The fourth-order valence-corrected chi connectivity index (χ4v) is 4.04. The number of ether oxygens (including phenoxy) is 2. The zero-order valence-electron chi connectivity index (χ0n) is 17.5. The molecule has 3 heterocycles. The monoisotopic (exact) mass is 458 g/mol. The topological polar surface area (TPSA) is 115 Å². The maximum atomic E-state index is 13.0. The molecular formula is C23H18N6O3S. The summed E-state index contributed by atoms with van der Waals surface area (Å²) < 4.78 is 11.2. The fraction of sp³-hybridized carbons (Fsp3) is 0.0870. The minimum absolute atomic E-state index is 0.296. The first-order valence-corrected chi connectivity index (χ1v) is 10.8. The highest BCUT2D eigenvalue weighted by atomic mass is 32.1. The van der Waals surface area contributed by atoms with Crippen molar-refractivity contribution in [3.63, 3.8) is 0 Å². The van der Waals surface area contributed by atoms with Crippen LogP contribution in [0.1, 0.15) is 15.9 Å². The van der Waals surface area contributed by atoms with Crippen LogP contribution in [0.4, 0.5) is 5.13 Å². The molecule has 164 valence electrons. The van der Waals surface area contributed by atoms with Crippen LogP contribution in [-0.4, -0.2) is 38.4 Å². The van der Waals surface area contributed by atoms with Gasteiger partial charge < -0.3 is 9.47 Å². The molecule has 1 amide bonds. The lowest BCUT2D eigenvalue weighted by Gasteiger charge is -2.11. The number of hydrogen-bond acceptors (Lipinski definition) is 8. The van der Waals surface area contributed by atoms with E-state index in [1.54, 1.807) is 31.8 Å². The number of fused-ring (bicyclic) bond motifs is 1. The molecule has 0 unspecified atom stereocenters. The molecule has 0 aliphatic rings. The highest BCUT2D eigenvalue weighted by Gasteiger charge is 2.18. The van der Waals surface area contributed by atoms with Gasteiger partial charge in [-0.05, 0) is 23.5 Å². The molecule has 33 heavy (non-hydrogen) atoms. The predicted octanol–water partition coefficient (Wildman–Crippen LogP) is 4.32. The molecule has 0 saturated heterocycles. The van der Waals surface area contributed by atoms with Gasteiger partial charge in [-0.1, -0.05) is 41.5 Å². The number of carbonyl (C=O) groups is 1. The van der Waals surface area contributed by atoms with Crippen LogP contribution in [0.25, 0.3) is 22.0 Å². The number of rotatable bonds is 7. The van der Waals surface area contributed by atoms with Gasteiger partial charge in [-0.25, -0.2) is 0 Å². The van der Waals surface area contributed by atoms with Crippen LogP contribution < -0.4 is 14.8 Å². The molecule has 0 atom stereocenters. The van der Waals surface area contributed by atoms with E-state index in [4.69, 9.17) is 9.47 Å². The van der Waals surface area contributed by atoms with E-state index in [0.717, 1.165) is 33.4 Å². The summed E-state index contributed by atoms with van der Waals surface area (Å²) in [5, 5.41) is 19.6. The molecule has 0 radical (unpaired) electrons. The third-order valence-corrected chi connectivity index (χ3v) is 5.76. The molecule has 5 rings (SSSR count). The Bertz CT molecular complexity index is 1430. The van der Waals surface area contributed by atoms with Gasteiger partial charge in [-0.2, -0.15) is 5.10 Å². The zero-order chi connectivity index (χ0) is 22.6. The molecule has 0 saturated carbocycles. The second kappa shape index (κ2) is 9.05. The molecule has 2 N–H and O–H groups in total. The Hall–Kier alpha value is -4.31. The summed E-state index contributed by atoms with van der Waals surface area (Å²) in [6.45, 7) is 0.296. The molecule has 0 fully saturated rings. The van der Waals surface area contributed by atoms with Gasteiger partial charge in [0.05, 0.1) is 24.4 Å². The summed E-state index contributed by atoms with van der Waals surface area (Å²) in [5.74, 6) is 0.321. The lowest BCUT2D eigenvalue weighted by atomic mass is 10.0. The number of aromatic nitrogens is 5. The van der Waals surface area contributed by atoms with E-state index < -0.39 is 0 Å². The average molecular weight is 459 g/mol. The summed E-state index contributed by atoms with van der Waals surface area (Å²) in [7, 11) is 1.59. The lowest BCUT2D eigenvalue weighted by Crippen LogP contribution is -2.13. The van der Waals surface area contributed by atoms with Crippen molar-refractivity contribution in [2.45, 2.75) is 6.61 Å². The highest BCUT2D eigenvalue weighted by Crippen LogP contribution is 2.32. The number of nitrogens with one attached hydrogen (secondary N) is 2. The molecule has 0 aliphatic carbocycles. The molecule has 0 spiro atoms. The number of H-pyrrole nitrogens is 1. The average Bonchev–Trinajstić information content (AvgIpc) is 3.52. The number of aromatic amines is 1.